The van der Waals surface area contributed by atoms with Crippen LogP contribution in [0.4, 0.5) is 10.5 Å². The number of carbonyl (C=O) groups is 1. The predicted molar refractivity (Wildman–Crippen MR) is 158 cm³/mol. The minimum absolute atomic E-state index is 0.243. The number of fused-ring (bicyclic) bond motifs is 1. The summed E-state index contributed by atoms with van der Waals surface area (Å²) in [5.74, 6) is 0. The number of anilines is 1. The number of piperazine rings is 1. The van der Waals surface area contributed by atoms with Crippen LogP contribution in [-0.4, -0.2) is 52.7 Å². The summed E-state index contributed by atoms with van der Waals surface area (Å²) in [5, 5.41) is 0. The molecule has 7 heteroatoms. The average molecular weight is 533 g/mol. The summed E-state index contributed by atoms with van der Waals surface area (Å²) >= 11 is 0. The van der Waals surface area contributed by atoms with E-state index in [1.54, 1.807) is 23.6 Å². The lowest BCUT2D eigenvalue weighted by Crippen LogP contribution is -2.50. The Labute approximate surface area is 234 Å². The van der Waals surface area contributed by atoms with E-state index in [4.69, 9.17) is 14.1 Å². The van der Waals surface area contributed by atoms with Gasteiger partial charge in [0.05, 0.1) is 0 Å². The molecule has 4 heterocycles. The fourth-order valence-corrected chi connectivity index (χ4v) is 5.03. The van der Waals surface area contributed by atoms with Crippen molar-refractivity contribution >= 4 is 22.9 Å². The van der Waals surface area contributed by atoms with Crippen LogP contribution in [0.1, 0.15) is 20.8 Å². The zero-order valence-electron chi connectivity index (χ0n) is 23.0. The monoisotopic (exact) mass is 532 g/mol. The largest absolute Gasteiger partial charge is 0.462 e. The minimum Gasteiger partial charge on any atom is -0.462 e. The Morgan fingerprint density at radius 3 is 2.25 bits per heavy atom. The van der Waals surface area contributed by atoms with Gasteiger partial charge in [-0.3, -0.25) is 9.97 Å². The normalized spacial score (nSPS) is 14.0. The second-order valence-corrected chi connectivity index (χ2v) is 11.0. The van der Waals surface area contributed by atoms with Gasteiger partial charge >= 0.3 is 6.09 Å². The third-order valence-corrected chi connectivity index (χ3v) is 7.10. The lowest BCUT2D eigenvalue weighted by atomic mass is 10.0. The highest BCUT2D eigenvalue weighted by atomic mass is 16.6. The van der Waals surface area contributed by atoms with Crippen molar-refractivity contribution in [2.45, 2.75) is 26.4 Å². The number of nitrogens with zero attached hydrogens (tertiary/aromatic N) is 4. The van der Waals surface area contributed by atoms with E-state index >= 15 is 0 Å². The number of furan rings is 1. The molecule has 0 aliphatic carbocycles. The highest BCUT2D eigenvalue weighted by Crippen LogP contribution is 2.34. The van der Waals surface area contributed by atoms with Crippen molar-refractivity contribution in [3.63, 3.8) is 0 Å². The number of benzene rings is 2. The quantitative estimate of drug-likeness (QED) is 0.242. The van der Waals surface area contributed by atoms with Crippen molar-refractivity contribution in [2.75, 3.05) is 31.1 Å². The van der Waals surface area contributed by atoms with Gasteiger partial charge < -0.3 is 19.0 Å². The second kappa shape index (κ2) is 10.5. The average Bonchev–Trinajstić information content (AvgIpc) is 3.40. The summed E-state index contributed by atoms with van der Waals surface area (Å²) in [5.41, 5.74) is 8.59. The third kappa shape index (κ3) is 5.41. The summed E-state index contributed by atoms with van der Waals surface area (Å²) in [4.78, 5) is 25.4. The van der Waals surface area contributed by atoms with Gasteiger partial charge in [0, 0.05) is 61.6 Å². The Morgan fingerprint density at radius 2 is 1.52 bits per heavy atom. The van der Waals surface area contributed by atoms with Crippen LogP contribution < -0.4 is 4.90 Å². The van der Waals surface area contributed by atoms with Crippen LogP contribution in [0.25, 0.3) is 44.5 Å². The summed E-state index contributed by atoms with van der Waals surface area (Å²) in [6, 6.07) is 22.9. The van der Waals surface area contributed by atoms with Crippen molar-refractivity contribution in [1.82, 2.24) is 14.9 Å². The first-order valence-corrected chi connectivity index (χ1v) is 13.6. The van der Waals surface area contributed by atoms with Gasteiger partial charge in [-0.25, -0.2) is 4.79 Å². The van der Waals surface area contributed by atoms with E-state index in [0.717, 1.165) is 63.3 Å². The minimum atomic E-state index is -0.481. The van der Waals surface area contributed by atoms with Gasteiger partial charge in [0.15, 0.2) is 5.58 Å². The smallest absolute Gasteiger partial charge is 0.410 e. The SMILES string of the molecule is CC(C)(C)OC(=O)N1CCN(c2ccc(-c3cnc4c(-c5cccc(-c6ccncc6)c5)coc4c3)cc2)CC1. The zero-order chi connectivity index (χ0) is 27.7. The maximum Gasteiger partial charge on any atom is 0.410 e. The van der Waals surface area contributed by atoms with E-state index in [1.807, 2.05) is 45.2 Å². The fraction of sp³-hybridized carbons (Fsp3) is 0.242. The van der Waals surface area contributed by atoms with Crippen molar-refractivity contribution in [1.29, 1.82) is 0 Å². The van der Waals surface area contributed by atoms with Crippen LogP contribution in [-0.2, 0) is 4.74 Å². The van der Waals surface area contributed by atoms with Crippen LogP contribution in [0.2, 0.25) is 0 Å². The molecule has 1 aliphatic heterocycles. The molecule has 0 spiro atoms. The molecular formula is C33H32N4O3. The van der Waals surface area contributed by atoms with Crippen LogP contribution in [0, 0.1) is 0 Å². The van der Waals surface area contributed by atoms with Gasteiger partial charge in [0.2, 0.25) is 0 Å². The third-order valence-electron chi connectivity index (χ3n) is 7.10. The van der Waals surface area contributed by atoms with Crippen LogP contribution in [0.3, 0.4) is 0 Å². The predicted octanol–water partition coefficient (Wildman–Crippen LogP) is 7.28. The van der Waals surface area contributed by atoms with Crippen molar-refractivity contribution in [2.24, 2.45) is 0 Å². The lowest BCUT2D eigenvalue weighted by molar-refractivity contribution is 0.0240. The molecule has 40 heavy (non-hydrogen) atoms. The van der Waals surface area contributed by atoms with Crippen molar-refractivity contribution in [3.8, 4) is 33.4 Å². The van der Waals surface area contributed by atoms with Gasteiger partial charge in [-0.1, -0.05) is 30.3 Å². The van der Waals surface area contributed by atoms with E-state index < -0.39 is 5.60 Å². The van der Waals surface area contributed by atoms with Gasteiger partial charge in [0.1, 0.15) is 17.4 Å². The van der Waals surface area contributed by atoms with E-state index in [-0.39, 0.29) is 6.09 Å². The first kappa shape index (κ1) is 25.6. The lowest BCUT2D eigenvalue weighted by Gasteiger charge is -2.36. The Hall–Kier alpha value is -4.65. The maximum atomic E-state index is 12.4. The first-order chi connectivity index (χ1) is 19.3. The molecule has 0 N–H and O–H groups in total. The second-order valence-electron chi connectivity index (χ2n) is 11.0. The van der Waals surface area contributed by atoms with E-state index in [0.29, 0.717) is 13.1 Å². The highest BCUT2D eigenvalue weighted by molar-refractivity contribution is 5.93. The Kier molecular flexibility index (Phi) is 6.72. The number of hydrogen-bond acceptors (Lipinski definition) is 6. The molecule has 5 aromatic rings. The molecule has 0 radical (unpaired) electrons. The Balaban J connectivity index is 1.16. The molecule has 0 atom stereocenters. The van der Waals surface area contributed by atoms with E-state index in [9.17, 15) is 4.79 Å². The summed E-state index contributed by atoms with van der Waals surface area (Å²) in [6.07, 6.45) is 7.05. The molecule has 1 aliphatic rings. The van der Waals surface area contributed by atoms with Gasteiger partial charge in [-0.15, -0.1) is 0 Å². The molecule has 1 saturated heterocycles. The molecular weight excluding hydrogens is 500 g/mol. The number of amides is 1. The number of carbonyl (C=O) groups excluding carboxylic acids is 1. The number of ether oxygens (including phenoxy) is 1. The molecule has 1 fully saturated rings. The van der Waals surface area contributed by atoms with E-state index in [1.165, 1.54) is 0 Å². The molecule has 0 bridgehead atoms. The summed E-state index contributed by atoms with van der Waals surface area (Å²) in [6.45, 7) is 8.50. The maximum absolute atomic E-state index is 12.4. The van der Waals surface area contributed by atoms with Crippen molar-refractivity contribution in [3.05, 3.63) is 91.6 Å². The summed E-state index contributed by atoms with van der Waals surface area (Å²) < 4.78 is 11.5. The van der Waals surface area contributed by atoms with Crippen LogP contribution >= 0.6 is 0 Å². The number of aromatic nitrogens is 2. The molecule has 0 unspecified atom stereocenters. The zero-order valence-corrected chi connectivity index (χ0v) is 23.0. The van der Waals surface area contributed by atoms with Gasteiger partial charge in [-0.05, 0) is 79.4 Å². The molecule has 6 rings (SSSR count). The van der Waals surface area contributed by atoms with Gasteiger partial charge in [0.25, 0.3) is 0 Å². The topological polar surface area (TPSA) is 71.7 Å². The van der Waals surface area contributed by atoms with Crippen LogP contribution in [0.15, 0.2) is 96.0 Å². The number of hydrogen-bond donors (Lipinski definition) is 0. The van der Waals surface area contributed by atoms with E-state index in [2.05, 4.69) is 58.4 Å². The highest BCUT2D eigenvalue weighted by Gasteiger charge is 2.26. The fourth-order valence-electron chi connectivity index (χ4n) is 5.03. The Morgan fingerprint density at radius 1 is 0.825 bits per heavy atom. The molecule has 3 aromatic heterocycles. The molecule has 7 nitrogen and oxygen atoms in total. The first-order valence-electron chi connectivity index (χ1n) is 13.6. The molecule has 2 aromatic carbocycles. The molecule has 1 amide bonds. The molecule has 202 valence electrons. The summed E-state index contributed by atoms with van der Waals surface area (Å²) in [7, 11) is 0. The molecule has 0 saturated carbocycles. The van der Waals surface area contributed by atoms with Crippen molar-refractivity contribution < 1.29 is 13.9 Å². The number of rotatable bonds is 4. The van der Waals surface area contributed by atoms with Gasteiger partial charge in [-0.2, -0.15) is 0 Å². The number of pyridine rings is 2. The Bertz CT molecular complexity index is 1630. The standard InChI is InChI=1S/C33H32N4O3/c1-33(2,3)40-32(38)37-17-15-36(16-18-37)28-9-7-23(8-10-28)27-20-30-31(35-21-27)29(22-39-30)26-6-4-5-25(19-26)24-11-13-34-14-12-24/h4-14,19-22H,15-18H2,1-3H3. The van der Waals surface area contributed by atoms with Crippen LogP contribution in [0.5, 0.6) is 0 Å².